The van der Waals surface area contributed by atoms with Crippen LogP contribution in [0.1, 0.15) is 49.5 Å². The molecule has 6 nitrogen and oxygen atoms in total. The van der Waals surface area contributed by atoms with Gasteiger partial charge in [-0.05, 0) is 53.2 Å². The molecule has 0 radical (unpaired) electrons. The molecule has 2 N–H and O–H groups in total. The van der Waals surface area contributed by atoms with Gasteiger partial charge in [0.25, 0.3) is 5.91 Å². The number of rotatable bonds is 4. The van der Waals surface area contributed by atoms with E-state index >= 15 is 0 Å². The Morgan fingerprint density at radius 3 is 2.52 bits per heavy atom. The van der Waals surface area contributed by atoms with E-state index < -0.39 is 0 Å². The van der Waals surface area contributed by atoms with E-state index in [1.165, 1.54) is 0 Å². The second-order valence-electron chi connectivity index (χ2n) is 7.69. The number of hydrogen-bond donors (Lipinski definition) is 2. The number of carbonyl (C=O) groups excluding carboxylic acids is 2. The average Bonchev–Trinajstić information content (AvgIpc) is 3.40. The smallest absolute Gasteiger partial charge is 0.270 e. The fraction of sp³-hybridized carbons (Fsp3) is 0.500. The first kappa shape index (κ1) is 18.3. The van der Waals surface area contributed by atoms with Gasteiger partial charge in [-0.25, -0.2) is 4.98 Å². The highest BCUT2D eigenvalue weighted by molar-refractivity contribution is 9.10. The molecule has 2 unspecified atom stereocenters. The number of amides is 2. The molecule has 0 aromatic carbocycles. The summed E-state index contributed by atoms with van der Waals surface area (Å²) in [6.45, 7) is 2.10. The largest absolute Gasteiger partial charge is 0.351 e. The molecule has 2 aromatic rings. The molecule has 4 rings (SSSR count). The van der Waals surface area contributed by atoms with Crippen LogP contribution in [0.4, 0.5) is 0 Å². The van der Waals surface area contributed by atoms with Gasteiger partial charge in [-0.1, -0.05) is 19.8 Å². The number of halogens is 1. The van der Waals surface area contributed by atoms with E-state index in [-0.39, 0.29) is 29.8 Å². The van der Waals surface area contributed by atoms with Crippen molar-refractivity contribution in [3.05, 3.63) is 34.7 Å². The third-order valence-electron chi connectivity index (χ3n) is 5.64. The molecule has 7 heteroatoms. The summed E-state index contributed by atoms with van der Waals surface area (Å²) < 4.78 is 0.760. The van der Waals surface area contributed by atoms with Gasteiger partial charge in [-0.3, -0.25) is 14.6 Å². The molecule has 0 aliphatic heterocycles. The number of carbonyl (C=O) groups is 2. The van der Waals surface area contributed by atoms with Crippen LogP contribution in [0.25, 0.3) is 10.9 Å². The standard InChI is InChI=1S/C20H23BrN4O2/c1-11-8-13(11)19(26)24-15-4-2-3-5-16(15)25-20(27)17-7-6-12-9-22-10-14(21)18(12)23-17/h6-7,9-11,13,15-16H,2-5,8H2,1H3,(H,24,26)(H,25,27)/t11?,13?,15-,16-/m1/s1. The summed E-state index contributed by atoms with van der Waals surface area (Å²) in [5.74, 6) is 0.563. The third kappa shape index (κ3) is 3.98. The summed E-state index contributed by atoms with van der Waals surface area (Å²) >= 11 is 3.44. The molecule has 2 aliphatic rings. The zero-order chi connectivity index (χ0) is 19.0. The quantitative estimate of drug-likeness (QED) is 0.779. The van der Waals surface area contributed by atoms with Crippen LogP contribution < -0.4 is 10.6 Å². The van der Waals surface area contributed by atoms with Crippen molar-refractivity contribution < 1.29 is 9.59 Å². The molecule has 0 bridgehead atoms. The molecule has 0 saturated heterocycles. The van der Waals surface area contributed by atoms with Crippen molar-refractivity contribution in [2.75, 3.05) is 0 Å². The minimum absolute atomic E-state index is 0.000562. The second-order valence-corrected chi connectivity index (χ2v) is 8.54. The second kappa shape index (κ2) is 7.54. The molecule has 27 heavy (non-hydrogen) atoms. The zero-order valence-electron chi connectivity index (χ0n) is 15.2. The normalized spacial score (nSPS) is 27.2. The number of fused-ring (bicyclic) bond motifs is 1. The summed E-state index contributed by atoms with van der Waals surface area (Å²) in [6, 6.07) is 3.51. The predicted octanol–water partition coefficient (Wildman–Crippen LogP) is 3.21. The Hall–Kier alpha value is -2.02. The first-order chi connectivity index (χ1) is 13.0. The van der Waals surface area contributed by atoms with Gasteiger partial charge in [0.15, 0.2) is 0 Å². The summed E-state index contributed by atoms with van der Waals surface area (Å²) in [4.78, 5) is 33.7. The Balaban J connectivity index is 1.47. The highest BCUT2D eigenvalue weighted by atomic mass is 79.9. The van der Waals surface area contributed by atoms with Gasteiger partial charge in [0.1, 0.15) is 5.69 Å². The monoisotopic (exact) mass is 430 g/mol. The van der Waals surface area contributed by atoms with Crippen LogP contribution in [0, 0.1) is 11.8 Å². The van der Waals surface area contributed by atoms with Gasteiger partial charge in [-0.2, -0.15) is 0 Å². The van der Waals surface area contributed by atoms with Gasteiger partial charge < -0.3 is 10.6 Å². The van der Waals surface area contributed by atoms with Gasteiger partial charge in [0.05, 0.1) is 9.99 Å². The van der Waals surface area contributed by atoms with Crippen molar-refractivity contribution in [1.29, 1.82) is 0 Å². The molecule has 2 heterocycles. The van der Waals surface area contributed by atoms with E-state index in [9.17, 15) is 9.59 Å². The van der Waals surface area contributed by atoms with Gasteiger partial charge >= 0.3 is 0 Å². The molecule has 4 atom stereocenters. The molecule has 2 amide bonds. The Morgan fingerprint density at radius 2 is 1.81 bits per heavy atom. The summed E-state index contributed by atoms with van der Waals surface area (Å²) in [5, 5.41) is 7.14. The van der Waals surface area contributed by atoms with Gasteiger partial charge in [-0.15, -0.1) is 0 Å². The molecule has 2 aromatic heterocycles. The maximum Gasteiger partial charge on any atom is 0.270 e. The first-order valence-electron chi connectivity index (χ1n) is 9.54. The summed E-state index contributed by atoms with van der Waals surface area (Å²) in [5.41, 5.74) is 1.09. The van der Waals surface area contributed by atoms with Crippen molar-refractivity contribution >= 4 is 38.6 Å². The van der Waals surface area contributed by atoms with Crippen LogP contribution in [0.2, 0.25) is 0 Å². The SMILES string of the molecule is CC1CC1C(=O)N[C@@H]1CCCC[C@H]1NC(=O)c1ccc2cncc(Br)c2n1. The van der Waals surface area contributed by atoms with Crippen LogP contribution in [0.3, 0.4) is 0 Å². The zero-order valence-corrected chi connectivity index (χ0v) is 16.8. The molecule has 2 saturated carbocycles. The Kier molecular flexibility index (Phi) is 5.12. The van der Waals surface area contributed by atoms with E-state index in [0.29, 0.717) is 17.1 Å². The van der Waals surface area contributed by atoms with Crippen LogP contribution in [-0.2, 0) is 4.79 Å². The number of aromatic nitrogens is 2. The Bertz CT molecular complexity index is 887. The average molecular weight is 431 g/mol. The highest BCUT2D eigenvalue weighted by Crippen LogP contribution is 2.38. The lowest BCUT2D eigenvalue weighted by molar-refractivity contribution is -0.123. The number of nitrogens with one attached hydrogen (secondary N) is 2. The maximum absolute atomic E-state index is 12.8. The minimum Gasteiger partial charge on any atom is -0.351 e. The van der Waals surface area contributed by atoms with Crippen LogP contribution in [0.15, 0.2) is 29.0 Å². The number of hydrogen-bond acceptors (Lipinski definition) is 4. The van der Waals surface area contributed by atoms with E-state index in [2.05, 4.69) is 43.5 Å². The summed E-state index contributed by atoms with van der Waals surface area (Å²) in [7, 11) is 0. The van der Waals surface area contributed by atoms with E-state index in [0.717, 1.165) is 42.0 Å². The van der Waals surface area contributed by atoms with Crippen molar-refractivity contribution in [3.63, 3.8) is 0 Å². The summed E-state index contributed by atoms with van der Waals surface area (Å²) in [6.07, 6.45) is 8.27. The predicted molar refractivity (Wildman–Crippen MR) is 106 cm³/mol. The molecule has 142 valence electrons. The lowest BCUT2D eigenvalue weighted by atomic mass is 9.90. The number of nitrogens with zero attached hydrogens (tertiary/aromatic N) is 2. The first-order valence-corrected chi connectivity index (χ1v) is 10.3. The van der Waals surface area contributed by atoms with Crippen LogP contribution in [0.5, 0.6) is 0 Å². The van der Waals surface area contributed by atoms with Crippen molar-refractivity contribution in [1.82, 2.24) is 20.6 Å². The van der Waals surface area contributed by atoms with Crippen molar-refractivity contribution in [3.8, 4) is 0 Å². The van der Waals surface area contributed by atoms with Crippen LogP contribution >= 0.6 is 15.9 Å². The van der Waals surface area contributed by atoms with Crippen molar-refractivity contribution in [2.45, 2.75) is 51.1 Å². The molecular weight excluding hydrogens is 408 g/mol. The maximum atomic E-state index is 12.8. The molecular formula is C20H23BrN4O2. The topological polar surface area (TPSA) is 84.0 Å². The molecule has 2 fully saturated rings. The highest BCUT2D eigenvalue weighted by Gasteiger charge is 2.40. The van der Waals surface area contributed by atoms with Gasteiger partial charge in [0, 0.05) is 35.8 Å². The fourth-order valence-corrected chi connectivity index (χ4v) is 4.27. The Morgan fingerprint density at radius 1 is 1.11 bits per heavy atom. The van der Waals surface area contributed by atoms with E-state index in [1.807, 2.05) is 6.07 Å². The Labute approximate surface area is 166 Å². The number of pyridine rings is 2. The minimum atomic E-state index is -0.202. The van der Waals surface area contributed by atoms with E-state index in [4.69, 9.17) is 0 Å². The lowest BCUT2D eigenvalue weighted by Crippen LogP contribution is -2.53. The van der Waals surface area contributed by atoms with Gasteiger partial charge in [0.2, 0.25) is 5.91 Å². The molecule has 0 spiro atoms. The third-order valence-corrected chi connectivity index (χ3v) is 6.22. The fourth-order valence-electron chi connectivity index (χ4n) is 3.83. The van der Waals surface area contributed by atoms with Crippen LogP contribution in [-0.4, -0.2) is 33.9 Å². The van der Waals surface area contributed by atoms with Crippen molar-refractivity contribution in [2.24, 2.45) is 11.8 Å². The van der Waals surface area contributed by atoms with E-state index in [1.54, 1.807) is 18.5 Å². The molecule has 2 aliphatic carbocycles. The lowest BCUT2D eigenvalue weighted by Gasteiger charge is -2.32.